The standard InChI is InChI=1S/C17H22N2O5S/c20-14(18-11-17(16(22)23)5-8-24-9-6-17)12-3-1-7-19(12)15(21)13-4-2-10-25-13/h2,4,10,12H,1,3,5-9,11H2,(H,18,20)(H,22,23). The Morgan fingerprint density at radius 1 is 1.36 bits per heavy atom. The van der Waals surface area contributed by atoms with Gasteiger partial charge in [0, 0.05) is 26.3 Å². The quantitative estimate of drug-likeness (QED) is 0.820. The van der Waals surface area contributed by atoms with Crippen LogP contribution in [0.1, 0.15) is 35.4 Å². The predicted octanol–water partition coefficient (Wildman–Crippen LogP) is 1.35. The van der Waals surface area contributed by atoms with Crippen LogP contribution in [0, 0.1) is 5.41 Å². The van der Waals surface area contributed by atoms with Gasteiger partial charge in [0.2, 0.25) is 5.91 Å². The number of nitrogens with zero attached hydrogens (tertiary/aromatic N) is 1. The third-order valence-corrected chi connectivity index (χ3v) is 5.91. The summed E-state index contributed by atoms with van der Waals surface area (Å²) in [6, 6.07) is 3.03. The molecule has 2 fully saturated rings. The number of carbonyl (C=O) groups is 3. The largest absolute Gasteiger partial charge is 0.481 e. The molecule has 25 heavy (non-hydrogen) atoms. The van der Waals surface area contributed by atoms with Gasteiger partial charge in [0.25, 0.3) is 5.91 Å². The maximum absolute atomic E-state index is 12.6. The van der Waals surface area contributed by atoms with Gasteiger partial charge < -0.3 is 20.1 Å². The van der Waals surface area contributed by atoms with Crippen molar-refractivity contribution >= 4 is 29.1 Å². The van der Waals surface area contributed by atoms with Crippen molar-refractivity contribution in [1.29, 1.82) is 0 Å². The van der Waals surface area contributed by atoms with Crippen LogP contribution >= 0.6 is 11.3 Å². The molecule has 8 heteroatoms. The molecule has 1 atom stereocenters. The van der Waals surface area contributed by atoms with Gasteiger partial charge in [-0.15, -0.1) is 11.3 Å². The fourth-order valence-electron chi connectivity index (χ4n) is 3.43. The number of aliphatic carboxylic acids is 1. The second-order valence-electron chi connectivity index (χ2n) is 6.55. The van der Waals surface area contributed by atoms with E-state index < -0.39 is 17.4 Å². The Balaban J connectivity index is 1.63. The van der Waals surface area contributed by atoms with E-state index in [9.17, 15) is 19.5 Å². The molecule has 136 valence electrons. The van der Waals surface area contributed by atoms with E-state index in [0.717, 1.165) is 6.42 Å². The van der Waals surface area contributed by atoms with E-state index in [1.165, 1.54) is 11.3 Å². The van der Waals surface area contributed by atoms with Crippen LogP contribution in [0.25, 0.3) is 0 Å². The second kappa shape index (κ2) is 7.53. The number of carboxylic acids is 1. The second-order valence-corrected chi connectivity index (χ2v) is 7.50. The summed E-state index contributed by atoms with van der Waals surface area (Å²) in [7, 11) is 0. The van der Waals surface area contributed by atoms with Crippen molar-refractivity contribution in [3.63, 3.8) is 0 Å². The van der Waals surface area contributed by atoms with Crippen molar-refractivity contribution in [2.75, 3.05) is 26.3 Å². The maximum atomic E-state index is 12.6. The molecule has 0 spiro atoms. The van der Waals surface area contributed by atoms with E-state index in [0.29, 0.717) is 43.9 Å². The van der Waals surface area contributed by atoms with Crippen LogP contribution in [0.5, 0.6) is 0 Å². The van der Waals surface area contributed by atoms with E-state index >= 15 is 0 Å². The predicted molar refractivity (Wildman–Crippen MR) is 91.5 cm³/mol. The molecule has 2 aliphatic rings. The zero-order chi connectivity index (χ0) is 17.9. The molecule has 2 amide bonds. The molecule has 1 aromatic rings. The SMILES string of the molecule is O=C(NCC1(C(=O)O)CCOCC1)C1CCCN1C(=O)c1cccs1. The Kier molecular flexibility index (Phi) is 5.39. The van der Waals surface area contributed by atoms with Crippen molar-refractivity contribution < 1.29 is 24.2 Å². The van der Waals surface area contributed by atoms with Gasteiger partial charge >= 0.3 is 5.97 Å². The highest BCUT2D eigenvalue weighted by Gasteiger charge is 2.42. The van der Waals surface area contributed by atoms with Crippen LogP contribution in [-0.2, 0) is 14.3 Å². The van der Waals surface area contributed by atoms with Crippen molar-refractivity contribution in [2.45, 2.75) is 31.7 Å². The zero-order valence-corrected chi connectivity index (χ0v) is 14.7. The number of hydrogen-bond donors (Lipinski definition) is 2. The van der Waals surface area contributed by atoms with Gasteiger partial charge in [-0.05, 0) is 37.1 Å². The third-order valence-electron chi connectivity index (χ3n) is 5.05. The first-order valence-corrected chi connectivity index (χ1v) is 9.35. The molecule has 7 nitrogen and oxygen atoms in total. The minimum atomic E-state index is -0.977. The lowest BCUT2D eigenvalue weighted by atomic mass is 9.80. The zero-order valence-electron chi connectivity index (χ0n) is 13.9. The maximum Gasteiger partial charge on any atom is 0.311 e. The first-order valence-electron chi connectivity index (χ1n) is 8.47. The Bertz CT molecular complexity index is 639. The molecule has 0 saturated carbocycles. The van der Waals surface area contributed by atoms with E-state index in [-0.39, 0.29) is 18.4 Å². The Morgan fingerprint density at radius 2 is 2.12 bits per heavy atom. The summed E-state index contributed by atoms with van der Waals surface area (Å²) >= 11 is 1.36. The molecular weight excluding hydrogens is 344 g/mol. The van der Waals surface area contributed by atoms with E-state index in [1.54, 1.807) is 11.0 Å². The number of ether oxygens (including phenoxy) is 1. The van der Waals surface area contributed by atoms with Crippen molar-refractivity contribution in [2.24, 2.45) is 5.41 Å². The molecule has 0 bridgehead atoms. The van der Waals surface area contributed by atoms with Crippen molar-refractivity contribution in [1.82, 2.24) is 10.2 Å². The number of hydrogen-bond acceptors (Lipinski definition) is 5. The highest BCUT2D eigenvalue weighted by atomic mass is 32.1. The van der Waals surface area contributed by atoms with E-state index in [1.807, 2.05) is 11.4 Å². The van der Waals surface area contributed by atoms with Crippen LogP contribution in [0.2, 0.25) is 0 Å². The smallest absolute Gasteiger partial charge is 0.311 e. The highest BCUT2D eigenvalue weighted by Crippen LogP contribution is 2.30. The summed E-state index contributed by atoms with van der Waals surface area (Å²) in [6.07, 6.45) is 2.13. The summed E-state index contributed by atoms with van der Waals surface area (Å²) in [5, 5.41) is 14.2. The lowest BCUT2D eigenvalue weighted by molar-refractivity contribution is -0.154. The van der Waals surface area contributed by atoms with Gasteiger partial charge in [-0.25, -0.2) is 0 Å². The highest BCUT2D eigenvalue weighted by molar-refractivity contribution is 7.12. The van der Waals surface area contributed by atoms with Gasteiger partial charge in [0.15, 0.2) is 0 Å². The van der Waals surface area contributed by atoms with Crippen LogP contribution in [0.3, 0.4) is 0 Å². The Labute approximate surface area is 150 Å². The van der Waals surface area contributed by atoms with Gasteiger partial charge in [-0.1, -0.05) is 6.07 Å². The lowest BCUT2D eigenvalue weighted by Crippen LogP contribution is -2.51. The molecule has 2 saturated heterocycles. The molecule has 0 aromatic carbocycles. The van der Waals surface area contributed by atoms with Crippen molar-refractivity contribution in [3.05, 3.63) is 22.4 Å². The number of thiophene rings is 1. The molecule has 0 aliphatic carbocycles. The third kappa shape index (κ3) is 3.69. The number of amides is 2. The molecule has 3 rings (SSSR count). The number of carbonyl (C=O) groups excluding carboxylic acids is 2. The average molecular weight is 366 g/mol. The first kappa shape index (κ1) is 17.9. The molecule has 0 radical (unpaired) electrons. The van der Waals surface area contributed by atoms with Gasteiger partial charge in [0.1, 0.15) is 6.04 Å². The first-order chi connectivity index (χ1) is 12.0. The Morgan fingerprint density at radius 3 is 2.76 bits per heavy atom. The van der Waals surface area contributed by atoms with Crippen LogP contribution in [0.15, 0.2) is 17.5 Å². The van der Waals surface area contributed by atoms with Gasteiger partial charge in [-0.3, -0.25) is 14.4 Å². The summed E-state index contributed by atoms with van der Waals surface area (Å²) < 4.78 is 5.24. The molecule has 1 unspecified atom stereocenters. The molecule has 3 heterocycles. The summed E-state index contributed by atoms with van der Waals surface area (Å²) in [5.74, 6) is -1.31. The molecule has 2 aliphatic heterocycles. The minimum Gasteiger partial charge on any atom is -0.481 e. The topological polar surface area (TPSA) is 95.9 Å². The number of nitrogens with one attached hydrogen (secondary N) is 1. The van der Waals surface area contributed by atoms with Crippen LogP contribution < -0.4 is 5.32 Å². The van der Waals surface area contributed by atoms with Crippen LogP contribution in [0.4, 0.5) is 0 Å². The van der Waals surface area contributed by atoms with Crippen molar-refractivity contribution in [3.8, 4) is 0 Å². The fourth-order valence-corrected chi connectivity index (χ4v) is 4.11. The summed E-state index contributed by atoms with van der Waals surface area (Å²) in [6.45, 7) is 1.39. The van der Waals surface area contributed by atoms with Gasteiger partial charge in [0.05, 0.1) is 10.3 Å². The lowest BCUT2D eigenvalue weighted by Gasteiger charge is -2.34. The number of likely N-dealkylation sites (tertiary alicyclic amines) is 1. The normalized spacial score (nSPS) is 22.6. The van der Waals surface area contributed by atoms with E-state index in [2.05, 4.69) is 5.32 Å². The Hall–Kier alpha value is -1.93. The van der Waals surface area contributed by atoms with E-state index in [4.69, 9.17) is 4.74 Å². The minimum absolute atomic E-state index is 0.0715. The number of carboxylic acid groups (broad SMARTS) is 1. The molecule has 2 N–H and O–H groups in total. The summed E-state index contributed by atoms with van der Waals surface area (Å²) in [4.78, 5) is 39.0. The summed E-state index contributed by atoms with van der Waals surface area (Å²) in [5.41, 5.74) is -0.977. The average Bonchev–Trinajstić information content (AvgIpc) is 3.31. The molecular formula is C17H22N2O5S. The molecule has 1 aromatic heterocycles. The fraction of sp³-hybridized carbons (Fsp3) is 0.588. The van der Waals surface area contributed by atoms with Crippen LogP contribution in [-0.4, -0.2) is 60.1 Å². The monoisotopic (exact) mass is 366 g/mol. The number of rotatable bonds is 5. The van der Waals surface area contributed by atoms with Gasteiger partial charge in [-0.2, -0.15) is 0 Å².